The number of likely N-dealkylation sites (N-methyl/N-ethyl adjacent to an activating group) is 1. The smallest absolute Gasteiger partial charge is 0.328 e. The molecule has 0 atom stereocenters. The number of aliphatic carboxylic acids is 2. The van der Waals surface area contributed by atoms with Crippen molar-refractivity contribution in [3.8, 4) is 0 Å². The molecule has 0 unspecified atom stereocenters. The molecule has 0 saturated heterocycles. The number of carboxylic acids is 2. The molecule has 192 valence electrons. The maximum atomic E-state index is 12.5. The Bertz CT molecular complexity index is 899. The molecule has 1 aromatic rings. The lowest BCUT2D eigenvalue weighted by Gasteiger charge is -2.27. The molecule has 0 radical (unpaired) electrons. The number of rotatable bonds is 12. The minimum absolute atomic E-state index is 0.0800. The SMILES string of the molecule is CCN(CC)CCNC(=O)N(CCS(=O)(=O)c1ccc(Br)cc1)C(C)C.O=C(O)/C=C\C(=O)O. The van der Waals surface area contributed by atoms with Crippen molar-refractivity contribution in [2.75, 3.05) is 38.5 Å². The standard InChI is InChI=1S/C18H30BrN3O3S.C4H4O4/c1-5-21(6-2)12-11-20-18(23)22(15(3)4)13-14-26(24,25)17-9-7-16(19)8-10-17;5-3(6)1-2-4(7)8/h7-10,15H,5-6,11-14H2,1-4H3,(H,20,23);1-2H,(H,5,6)(H,7,8)/b;2-1-. The van der Waals surface area contributed by atoms with E-state index in [9.17, 15) is 22.8 Å². The Morgan fingerprint density at radius 2 is 1.50 bits per heavy atom. The fourth-order valence-electron chi connectivity index (χ4n) is 2.68. The highest BCUT2D eigenvalue weighted by Crippen LogP contribution is 2.16. The average molecular weight is 564 g/mol. The van der Waals surface area contributed by atoms with E-state index in [0.717, 1.165) is 24.1 Å². The number of nitrogens with zero attached hydrogens (tertiary/aromatic N) is 2. The van der Waals surface area contributed by atoms with Gasteiger partial charge in [0.2, 0.25) is 0 Å². The molecule has 0 heterocycles. The van der Waals surface area contributed by atoms with Gasteiger partial charge in [-0.3, -0.25) is 0 Å². The first kappa shape index (κ1) is 31.6. The first-order chi connectivity index (χ1) is 15.8. The van der Waals surface area contributed by atoms with Gasteiger partial charge in [-0.25, -0.2) is 22.8 Å². The Labute approximate surface area is 209 Å². The van der Waals surface area contributed by atoms with Gasteiger partial charge in [0, 0.05) is 42.3 Å². The molecule has 0 saturated carbocycles. The van der Waals surface area contributed by atoms with Crippen LogP contribution in [-0.2, 0) is 19.4 Å². The normalized spacial score (nSPS) is 11.3. The van der Waals surface area contributed by atoms with Crippen molar-refractivity contribution in [3.05, 3.63) is 40.9 Å². The number of carbonyl (C=O) groups is 3. The fourth-order valence-corrected chi connectivity index (χ4v) is 4.17. The molecular formula is C22H34BrN3O7S. The number of halogens is 1. The third-order valence-corrected chi connectivity index (χ3v) is 6.86. The number of carbonyl (C=O) groups excluding carboxylic acids is 1. The summed E-state index contributed by atoms with van der Waals surface area (Å²) in [7, 11) is -3.43. The van der Waals surface area contributed by atoms with Crippen LogP contribution in [0.4, 0.5) is 4.79 Å². The minimum atomic E-state index is -3.43. The number of hydrogen-bond donors (Lipinski definition) is 3. The number of carboxylic acid groups (broad SMARTS) is 2. The summed E-state index contributed by atoms with van der Waals surface area (Å²) in [5.74, 6) is -2.61. The van der Waals surface area contributed by atoms with Crippen LogP contribution in [0.15, 0.2) is 45.8 Å². The molecular weight excluding hydrogens is 530 g/mol. The van der Waals surface area contributed by atoms with Gasteiger partial charge in [-0.05, 0) is 51.2 Å². The number of amides is 2. The molecule has 0 aliphatic carbocycles. The van der Waals surface area contributed by atoms with E-state index in [1.807, 2.05) is 13.8 Å². The average Bonchev–Trinajstić information content (AvgIpc) is 2.76. The predicted octanol–water partition coefficient (Wildman–Crippen LogP) is 2.70. The summed E-state index contributed by atoms with van der Waals surface area (Å²) in [5.41, 5.74) is 0. The van der Waals surface area contributed by atoms with Crippen LogP contribution in [-0.4, -0.2) is 90.9 Å². The molecule has 2 amide bonds. The molecule has 0 aliphatic rings. The Balaban J connectivity index is 0.00000116. The van der Waals surface area contributed by atoms with Crippen LogP contribution in [0.2, 0.25) is 0 Å². The van der Waals surface area contributed by atoms with Gasteiger partial charge in [-0.2, -0.15) is 0 Å². The van der Waals surface area contributed by atoms with Crippen LogP contribution in [0.5, 0.6) is 0 Å². The van der Waals surface area contributed by atoms with E-state index in [-0.39, 0.29) is 29.3 Å². The maximum Gasteiger partial charge on any atom is 0.328 e. The lowest BCUT2D eigenvalue weighted by atomic mass is 10.3. The topological polar surface area (TPSA) is 144 Å². The lowest BCUT2D eigenvalue weighted by Crippen LogP contribution is -2.47. The lowest BCUT2D eigenvalue weighted by molar-refractivity contribution is -0.134. The van der Waals surface area contributed by atoms with Crippen LogP contribution in [0.3, 0.4) is 0 Å². The quantitative estimate of drug-likeness (QED) is 0.329. The van der Waals surface area contributed by atoms with Crippen molar-refractivity contribution >= 4 is 43.7 Å². The Hall–Kier alpha value is -2.44. The molecule has 1 rings (SSSR count). The van der Waals surface area contributed by atoms with Crippen LogP contribution in [0.25, 0.3) is 0 Å². The van der Waals surface area contributed by atoms with Crippen LogP contribution in [0.1, 0.15) is 27.7 Å². The molecule has 3 N–H and O–H groups in total. The van der Waals surface area contributed by atoms with Crippen LogP contribution < -0.4 is 5.32 Å². The second kappa shape index (κ2) is 16.2. The van der Waals surface area contributed by atoms with E-state index in [4.69, 9.17) is 10.2 Å². The second-order valence-electron chi connectivity index (χ2n) is 7.33. The second-order valence-corrected chi connectivity index (χ2v) is 10.4. The molecule has 0 aliphatic heterocycles. The first-order valence-corrected chi connectivity index (χ1v) is 13.2. The molecule has 12 heteroatoms. The highest BCUT2D eigenvalue weighted by molar-refractivity contribution is 9.10. The van der Waals surface area contributed by atoms with Crippen LogP contribution >= 0.6 is 15.9 Å². The summed E-state index contributed by atoms with van der Waals surface area (Å²) in [6, 6.07) is 6.24. The van der Waals surface area contributed by atoms with Crippen molar-refractivity contribution in [1.29, 1.82) is 0 Å². The Morgan fingerprint density at radius 1 is 1.00 bits per heavy atom. The van der Waals surface area contributed by atoms with Gasteiger partial charge >= 0.3 is 18.0 Å². The van der Waals surface area contributed by atoms with E-state index >= 15 is 0 Å². The van der Waals surface area contributed by atoms with E-state index in [2.05, 4.69) is 40.0 Å². The molecule has 10 nitrogen and oxygen atoms in total. The van der Waals surface area contributed by atoms with Crippen molar-refractivity contribution < 1.29 is 33.0 Å². The van der Waals surface area contributed by atoms with Gasteiger partial charge < -0.3 is 25.3 Å². The largest absolute Gasteiger partial charge is 0.478 e. The molecule has 0 aromatic heterocycles. The van der Waals surface area contributed by atoms with Crippen molar-refractivity contribution in [3.63, 3.8) is 0 Å². The Kier molecular flexibility index (Phi) is 15.1. The van der Waals surface area contributed by atoms with Gasteiger partial charge in [0.05, 0.1) is 10.6 Å². The third-order valence-electron chi connectivity index (χ3n) is 4.63. The highest BCUT2D eigenvalue weighted by Gasteiger charge is 2.21. The predicted molar refractivity (Wildman–Crippen MR) is 134 cm³/mol. The summed E-state index contributed by atoms with van der Waals surface area (Å²) in [4.78, 5) is 35.6. The van der Waals surface area contributed by atoms with Gasteiger partial charge in [0.1, 0.15) is 0 Å². The summed E-state index contributed by atoms with van der Waals surface area (Å²) < 4.78 is 25.8. The minimum Gasteiger partial charge on any atom is -0.478 e. The zero-order valence-electron chi connectivity index (χ0n) is 19.9. The Morgan fingerprint density at radius 3 is 1.91 bits per heavy atom. The van der Waals surface area contributed by atoms with E-state index in [1.54, 1.807) is 29.2 Å². The van der Waals surface area contributed by atoms with E-state index in [1.165, 1.54) is 0 Å². The fraction of sp³-hybridized carbons (Fsp3) is 0.500. The van der Waals surface area contributed by atoms with E-state index < -0.39 is 21.8 Å². The number of hydrogen-bond acceptors (Lipinski definition) is 6. The van der Waals surface area contributed by atoms with Gasteiger partial charge in [-0.15, -0.1) is 0 Å². The molecule has 0 spiro atoms. The van der Waals surface area contributed by atoms with Crippen molar-refractivity contribution in [2.45, 2.75) is 38.6 Å². The number of sulfone groups is 1. The number of nitrogens with one attached hydrogen (secondary N) is 1. The summed E-state index contributed by atoms with van der Waals surface area (Å²) in [5, 5.41) is 18.5. The molecule has 34 heavy (non-hydrogen) atoms. The number of benzene rings is 1. The zero-order valence-corrected chi connectivity index (χ0v) is 22.3. The maximum absolute atomic E-state index is 12.5. The van der Waals surface area contributed by atoms with Gasteiger partial charge in [0.25, 0.3) is 0 Å². The summed E-state index contributed by atoms with van der Waals surface area (Å²) in [6.45, 7) is 11.3. The summed E-state index contributed by atoms with van der Waals surface area (Å²) >= 11 is 3.30. The first-order valence-electron chi connectivity index (χ1n) is 10.7. The third kappa shape index (κ3) is 13.3. The highest BCUT2D eigenvalue weighted by atomic mass is 79.9. The van der Waals surface area contributed by atoms with E-state index in [0.29, 0.717) is 18.7 Å². The van der Waals surface area contributed by atoms with Crippen LogP contribution in [0, 0.1) is 0 Å². The van der Waals surface area contributed by atoms with Gasteiger partial charge in [0.15, 0.2) is 9.84 Å². The molecule has 0 bridgehead atoms. The summed E-state index contributed by atoms with van der Waals surface area (Å²) in [6.07, 6.45) is 1.12. The zero-order chi connectivity index (χ0) is 26.3. The van der Waals surface area contributed by atoms with Crippen molar-refractivity contribution in [2.24, 2.45) is 0 Å². The monoisotopic (exact) mass is 563 g/mol. The number of urea groups is 1. The van der Waals surface area contributed by atoms with Crippen molar-refractivity contribution in [1.82, 2.24) is 15.1 Å². The molecule has 1 aromatic carbocycles. The van der Waals surface area contributed by atoms with Gasteiger partial charge in [-0.1, -0.05) is 29.8 Å². The molecule has 0 fully saturated rings.